The summed E-state index contributed by atoms with van der Waals surface area (Å²) in [6, 6.07) is 3.73. The van der Waals surface area contributed by atoms with Gasteiger partial charge in [0.2, 0.25) is 0 Å². The van der Waals surface area contributed by atoms with Crippen LogP contribution in [-0.2, 0) is 4.74 Å². The molecule has 1 unspecified atom stereocenters. The van der Waals surface area contributed by atoms with Crippen LogP contribution in [0.3, 0.4) is 0 Å². The molecule has 0 aliphatic rings. The Morgan fingerprint density at radius 1 is 1.67 bits per heavy atom. The van der Waals surface area contributed by atoms with E-state index in [1.54, 1.807) is 32.3 Å². The zero-order chi connectivity index (χ0) is 13.1. The minimum absolute atomic E-state index is 0.0684. The highest BCUT2D eigenvalue weighted by molar-refractivity contribution is 5.97. The van der Waals surface area contributed by atoms with Gasteiger partial charge >= 0.3 is 5.97 Å². The Morgan fingerprint density at radius 2 is 2.44 bits per heavy atom. The quantitative estimate of drug-likeness (QED) is 0.761. The van der Waals surface area contributed by atoms with Crippen LogP contribution >= 0.6 is 0 Å². The molecule has 2 aromatic heterocycles. The number of aryl methyl sites for hydroxylation is 1. The number of hydrogen-bond donors (Lipinski definition) is 0. The average molecular weight is 244 g/mol. The number of nitriles is 1. The third-order valence-electron chi connectivity index (χ3n) is 2.46. The summed E-state index contributed by atoms with van der Waals surface area (Å²) in [5, 5.41) is 12.8. The predicted molar refractivity (Wildman–Crippen MR) is 62.8 cm³/mol. The second-order valence-electron chi connectivity index (χ2n) is 3.98. The average Bonchev–Trinajstić information content (AvgIpc) is 2.71. The fourth-order valence-electron chi connectivity index (χ4n) is 1.55. The first-order chi connectivity index (χ1) is 8.63. The number of fused-ring (bicyclic) bond motifs is 1. The fourth-order valence-corrected chi connectivity index (χ4v) is 1.55. The monoisotopic (exact) mass is 244 g/mol. The number of ether oxygens (including phenoxy) is 1. The number of esters is 1. The molecule has 0 aromatic carbocycles. The summed E-state index contributed by atoms with van der Waals surface area (Å²) in [4.78, 5) is 16.0. The van der Waals surface area contributed by atoms with Gasteiger partial charge in [0.1, 0.15) is 12.2 Å². The Balaban J connectivity index is 2.28. The summed E-state index contributed by atoms with van der Waals surface area (Å²) in [5.74, 6) is -0.827. The van der Waals surface area contributed by atoms with Crippen LogP contribution in [0.5, 0.6) is 0 Å². The molecule has 0 fully saturated rings. The Bertz CT molecular complexity index is 627. The van der Waals surface area contributed by atoms with E-state index in [2.05, 4.69) is 10.1 Å². The van der Waals surface area contributed by atoms with Crippen LogP contribution in [0.25, 0.3) is 5.65 Å². The first kappa shape index (κ1) is 12.0. The second kappa shape index (κ2) is 4.84. The molecule has 0 aliphatic heterocycles. The van der Waals surface area contributed by atoms with Crippen molar-refractivity contribution in [3.63, 3.8) is 0 Å². The van der Waals surface area contributed by atoms with E-state index in [4.69, 9.17) is 10.00 Å². The SMILES string of the molecule is Cc1nn2cccnc2c1C(=O)OCC(C)C#N. The molecule has 0 aliphatic carbocycles. The molecular weight excluding hydrogens is 232 g/mol. The molecule has 1 atom stereocenters. The molecule has 0 radical (unpaired) electrons. The van der Waals surface area contributed by atoms with E-state index < -0.39 is 5.97 Å². The van der Waals surface area contributed by atoms with Crippen molar-refractivity contribution in [3.8, 4) is 6.07 Å². The molecule has 6 nitrogen and oxygen atoms in total. The lowest BCUT2D eigenvalue weighted by molar-refractivity contribution is 0.0477. The third kappa shape index (κ3) is 2.15. The Hall–Kier alpha value is -2.42. The van der Waals surface area contributed by atoms with Gasteiger partial charge in [-0.3, -0.25) is 0 Å². The van der Waals surface area contributed by atoms with Gasteiger partial charge in [-0.25, -0.2) is 14.3 Å². The van der Waals surface area contributed by atoms with Crippen molar-refractivity contribution in [2.75, 3.05) is 6.61 Å². The zero-order valence-electron chi connectivity index (χ0n) is 10.1. The number of nitrogens with zero attached hydrogens (tertiary/aromatic N) is 4. The first-order valence-corrected chi connectivity index (χ1v) is 5.50. The molecule has 0 N–H and O–H groups in total. The summed E-state index contributed by atoms with van der Waals surface area (Å²) in [7, 11) is 0. The van der Waals surface area contributed by atoms with Gasteiger partial charge in [-0.1, -0.05) is 0 Å². The maximum atomic E-state index is 11.9. The van der Waals surface area contributed by atoms with Crippen molar-refractivity contribution in [3.05, 3.63) is 29.7 Å². The van der Waals surface area contributed by atoms with Gasteiger partial charge in [-0.05, 0) is 19.9 Å². The summed E-state index contributed by atoms with van der Waals surface area (Å²) in [6.45, 7) is 3.48. The predicted octanol–water partition coefficient (Wildman–Crippen LogP) is 1.35. The van der Waals surface area contributed by atoms with Crippen LogP contribution < -0.4 is 0 Å². The Labute approximate surface area is 104 Å². The molecule has 2 rings (SSSR count). The lowest BCUT2D eigenvalue weighted by Crippen LogP contribution is -2.12. The molecule has 0 saturated heterocycles. The Kier molecular flexibility index (Phi) is 3.24. The van der Waals surface area contributed by atoms with E-state index in [0.717, 1.165) is 0 Å². The van der Waals surface area contributed by atoms with Crippen molar-refractivity contribution in [2.24, 2.45) is 5.92 Å². The largest absolute Gasteiger partial charge is 0.461 e. The molecule has 0 spiro atoms. The topological polar surface area (TPSA) is 80.3 Å². The molecule has 0 saturated carbocycles. The van der Waals surface area contributed by atoms with E-state index in [1.165, 1.54) is 4.52 Å². The van der Waals surface area contributed by atoms with Gasteiger partial charge < -0.3 is 4.74 Å². The molecule has 6 heteroatoms. The lowest BCUT2D eigenvalue weighted by Gasteiger charge is -2.04. The van der Waals surface area contributed by atoms with E-state index in [1.807, 2.05) is 6.07 Å². The van der Waals surface area contributed by atoms with Crippen LogP contribution in [0, 0.1) is 24.2 Å². The Morgan fingerprint density at radius 3 is 3.17 bits per heavy atom. The van der Waals surface area contributed by atoms with E-state index in [0.29, 0.717) is 16.9 Å². The molecule has 2 heterocycles. The van der Waals surface area contributed by atoms with Gasteiger partial charge in [-0.2, -0.15) is 10.4 Å². The summed E-state index contributed by atoms with van der Waals surface area (Å²) in [5.41, 5.74) is 1.37. The van der Waals surface area contributed by atoms with Gasteiger partial charge in [-0.15, -0.1) is 0 Å². The molecular formula is C12H12N4O2. The molecule has 0 amide bonds. The van der Waals surface area contributed by atoms with Gasteiger partial charge in [0.05, 0.1) is 17.7 Å². The minimum Gasteiger partial charge on any atom is -0.461 e. The van der Waals surface area contributed by atoms with Gasteiger partial charge in [0.25, 0.3) is 0 Å². The normalized spacial score (nSPS) is 12.1. The van der Waals surface area contributed by atoms with E-state index in [-0.39, 0.29) is 12.5 Å². The molecule has 2 aromatic rings. The fraction of sp³-hybridized carbons (Fsp3) is 0.333. The number of carbonyl (C=O) groups is 1. The zero-order valence-corrected chi connectivity index (χ0v) is 10.1. The van der Waals surface area contributed by atoms with Crippen molar-refractivity contribution in [2.45, 2.75) is 13.8 Å². The number of rotatable bonds is 3. The van der Waals surface area contributed by atoms with Crippen LogP contribution in [0.1, 0.15) is 23.0 Å². The molecule has 92 valence electrons. The molecule has 0 bridgehead atoms. The van der Waals surface area contributed by atoms with Crippen molar-refractivity contribution in [1.29, 1.82) is 5.26 Å². The van der Waals surface area contributed by atoms with Gasteiger partial charge in [0, 0.05) is 12.4 Å². The van der Waals surface area contributed by atoms with Crippen LogP contribution in [0.4, 0.5) is 0 Å². The maximum absolute atomic E-state index is 11.9. The van der Waals surface area contributed by atoms with Crippen LogP contribution in [0.2, 0.25) is 0 Å². The highest BCUT2D eigenvalue weighted by atomic mass is 16.5. The highest BCUT2D eigenvalue weighted by Crippen LogP contribution is 2.14. The van der Waals surface area contributed by atoms with Crippen LogP contribution in [-0.4, -0.2) is 27.2 Å². The second-order valence-corrected chi connectivity index (χ2v) is 3.98. The smallest absolute Gasteiger partial charge is 0.343 e. The number of hydrogen-bond acceptors (Lipinski definition) is 5. The summed E-state index contributed by atoms with van der Waals surface area (Å²) < 4.78 is 6.60. The van der Waals surface area contributed by atoms with Gasteiger partial charge in [0.15, 0.2) is 5.65 Å². The molecule has 18 heavy (non-hydrogen) atoms. The standard InChI is InChI=1S/C12H12N4O2/c1-8(6-13)7-18-12(17)10-9(2)15-16-5-3-4-14-11(10)16/h3-5,8H,7H2,1-2H3. The van der Waals surface area contributed by atoms with E-state index >= 15 is 0 Å². The van der Waals surface area contributed by atoms with Crippen molar-refractivity contribution >= 4 is 11.6 Å². The van der Waals surface area contributed by atoms with Crippen LogP contribution in [0.15, 0.2) is 18.5 Å². The first-order valence-electron chi connectivity index (χ1n) is 5.50. The van der Waals surface area contributed by atoms with E-state index in [9.17, 15) is 4.79 Å². The maximum Gasteiger partial charge on any atom is 0.343 e. The number of aromatic nitrogens is 3. The summed E-state index contributed by atoms with van der Waals surface area (Å²) >= 11 is 0. The minimum atomic E-state index is -0.497. The third-order valence-corrected chi connectivity index (χ3v) is 2.46. The summed E-state index contributed by atoms with van der Waals surface area (Å²) in [6.07, 6.45) is 3.30. The highest BCUT2D eigenvalue weighted by Gasteiger charge is 2.19. The van der Waals surface area contributed by atoms with Crippen molar-refractivity contribution in [1.82, 2.24) is 14.6 Å². The lowest BCUT2D eigenvalue weighted by atomic mass is 10.2. The van der Waals surface area contributed by atoms with Crippen molar-refractivity contribution < 1.29 is 9.53 Å². The number of carbonyl (C=O) groups excluding carboxylic acids is 1.